The fourth-order valence-electron chi connectivity index (χ4n) is 2.34. The molecule has 0 atom stereocenters. The Balaban J connectivity index is 1.60. The monoisotopic (exact) mass is 336 g/mol. The van der Waals surface area contributed by atoms with Gasteiger partial charge in [0.1, 0.15) is 9.75 Å². The van der Waals surface area contributed by atoms with Crippen molar-refractivity contribution < 1.29 is 9.59 Å². The zero-order chi connectivity index (χ0) is 15.7. The van der Waals surface area contributed by atoms with Crippen LogP contribution in [-0.2, 0) is 0 Å². The molecule has 6 nitrogen and oxygen atoms in total. The van der Waals surface area contributed by atoms with Gasteiger partial charge in [-0.3, -0.25) is 9.59 Å². The van der Waals surface area contributed by atoms with Crippen molar-refractivity contribution >= 4 is 34.5 Å². The van der Waals surface area contributed by atoms with Crippen molar-refractivity contribution in [1.82, 2.24) is 19.8 Å². The highest BCUT2D eigenvalue weighted by atomic mass is 32.1. The molecule has 1 saturated heterocycles. The van der Waals surface area contributed by atoms with E-state index in [0.717, 1.165) is 10.0 Å². The van der Waals surface area contributed by atoms with Crippen LogP contribution in [0.1, 0.15) is 29.4 Å². The Kier molecular flexibility index (Phi) is 4.21. The molecule has 0 aliphatic carbocycles. The van der Waals surface area contributed by atoms with Crippen molar-refractivity contribution in [2.24, 2.45) is 0 Å². The molecule has 3 rings (SSSR count). The number of aryl methyl sites for hydroxylation is 2. The molecule has 116 valence electrons. The first-order chi connectivity index (χ1) is 10.5. The Morgan fingerprint density at radius 1 is 0.864 bits per heavy atom. The summed E-state index contributed by atoms with van der Waals surface area (Å²) < 4.78 is 0. The lowest BCUT2D eigenvalue weighted by Gasteiger charge is -2.34. The molecular formula is C14H16N4O2S2. The number of hydrogen-bond donors (Lipinski definition) is 0. The van der Waals surface area contributed by atoms with Gasteiger partial charge in [-0.25, -0.2) is 9.97 Å². The number of thiazole rings is 2. The van der Waals surface area contributed by atoms with Gasteiger partial charge in [0.25, 0.3) is 11.8 Å². The molecule has 0 aromatic carbocycles. The van der Waals surface area contributed by atoms with Crippen LogP contribution in [-0.4, -0.2) is 57.8 Å². The molecule has 0 radical (unpaired) electrons. The van der Waals surface area contributed by atoms with Crippen LogP contribution in [0.4, 0.5) is 0 Å². The van der Waals surface area contributed by atoms with Crippen molar-refractivity contribution in [1.29, 1.82) is 0 Å². The van der Waals surface area contributed by atoms with Gasteiger partial charge in [-0.2, -0.15) is 0 Å². The molecule has 2 aromatic rings. The summed E-state index contributed by atoms with van der Waals surface area (Å²) in [7, 11) is 0. The van der Waals surface area contributed by atoms with Crippen LogP contribution >= 0.6 is 22.7 Å². The number of aromatic nitrogens is 2. The Labute approximate surface area is 136 Å². The summed E-state index contributed by atoms with van der Waals surface area (Å²) in [5.74, 6) is 0.0117. The first kappa shape index (κ1) is 15.1. The molecule has 0 bridgehead atoms. The Bertz CT molecular complexity index is 641. The van der Waals surface area contributed by atoms with E-state index >= 15 is 0 Å². The lowest BCUT2D eigenvalue weighted by atomic mass is 10.3. The minimum absolute atomic E-state index is 0.00586. The fraction of sp³-hybridized carbons (Fsp3) is 0.429. The molecular weight excluding hydrogens is 320 g/mol. The third kappa shape index (κ3) is 3.02. The average molecular weight is 336 g/mol. The van der Waals surface area contributed by atoms with Crippen LogP contribution < -0.4 is 0 Å². The van der Waals surface area contributed by atoms with Crippen LogP contribution in [0, 0.1) is 13.8 Å². The van der Waals surface area contributed by atoms with Crippen LogP contribution in [0.25, 0.3) is 0 Å². The van der Waals surface area contributed by atoms with Gasteiger partial charge >= 0.3 is 0 Å². The van der Waals surface area contributed by atoms with E-state index in [-0.39, 0.29) is 11.8 Å². The minimum atomic E-state index is 0.00586. The predicted octanol–water partition coefficient (Wildman–Crippen LogP) is 1.81. The SMILES string of the molecule is Cc1ncc(C(=O)N2CCN(C(=O)c3cnc(C)s3)CC2)s1. The maximum Gasteiger partial charge on any atom is 0.265 e. The van der Waals surface area contributed by atoms with E-state index < -0.39 is 0 Å². The topological polar surface area (TPSA) is 66.4 Å². The minimum Gasteiger partial charge on any atom is -0.334 e. The maximum absolute atomic E-state index is 12.3. The van der Waals surface area contributed by atoms with E-state index in [4.69, 9.17) is 0 Å². The summed E-state index contributed by atoms with van der Waals surface area (Å²) in [5, 5.41) is 1.77. The van der Waals surface area contributed by atoms with Gasteiger partial charge in [0.2, 0.25) is 0 Å². The highest BCUT2D eigenvalue weighted by Crippen LogP contribution is 2.18. The lowest BCUT2D eigenvalue weighted by molar-refractivity contribution is 0.0540. The predicted molar refractivity (Wildman–Crippen MR) is 85.5 cm³/mol. The smallest absolute Gasteiger partial charge is 0.265 e. The van der Waals surface area contributed by atoms with Crippen LogP contribution in [0.5, 0.6) is 0 Å². The summed E-state index contributed by atoms with van der Waals surface area (Å²) in [5.41, 5.74) is 0. The molecule has 2 aromatic heterocycles. The Hall–Kier alpha value is -1.80. The highest BCUT2D eigenvalue weighted by molar-refractivity contribution is 7.13. The van der Waals surface area contributed by atoms with Crippen molar-refractivity contribution in [3.8, 4) is 0 Å². The summed E-state index contributed by atoms with van der Waals surface area (Å²) >= 11 is 2.81. The number of hydrogen-bond acceptors (Lipinski definition) is 6. The summed E-state index contributed by atoms with van der Waals surface area (Å²) in [4.78, 5) is 37.8. The van der Waals surface area contributed by atoms with Gasteiger partial charge in [-0.05, 0) is 13.8 Å². The number of carbonyl (C=O) groups is 2. The van der Waals surface area contributed by atoms with Gasteiger partial charge < -0.3 is 9.80 Å². The van der Waals surface area contributed by atoms with Gasteiger partial charge in [0.05, 0.1) is 22.4 Å². The molecule has 0 unspecified atom stereocenters. The molecule has 0 spiro atoms. The Morgan fingerprint density at radius 3 is 1.50 bits per heavy atom. The first-order valence-corrected chi connectivity index (χ1v) is 8.61. The van der Waals surface area contributed by atoms with Gasteiger partial charge in [-0.15, -0.1) is 22.7 Å². The van der Waals surface area contributed by atoms with Crippen LogP contribution in [0.15, 0.2) is 12.4 Å². The van der Waals surface area contributed by atoms with E-state index in [2.05, 4.69) is 9.97 Å². The summed E-state index contributed by atoms with van der Waals surface area (Å²) in [6, 6.07) is 0. The summed E-state index contributed by atoms with van der Waals surface area (Å²) in [6.07, 6.45) is 3.25. The van der Waals surface area contributed by atoms with Crippen molar-refractivity contribution in [2.45, 2.75) is 13.8 Å². The number of rotatable bonds is 2. The normalized spacial score (nSPS) is 15.2. The molecule has 1 aliphatic heterocycles. The van der Waals surface area contributed by atoms with E-state index in [9.17, 15) is 9.59 Å². The molecule has 0 N–H and O–H groups in total. The van der Waals surface area contributed by atoms with Gasteiger partial charge in [0.15, 0.2) is 0 Å². The maximum atomic E-state index is 12.3. The third-order valence-electron chi connectivity index (χ3n) is 3.52. The second-order valence-corrected chi connectivity index (χ2v) is 7.54. The van der Waals surface area contributed by atoms with E-state index in [0.29, 0.717) is 35.9 Å². The highest BCUT2D eigenvalue weighted by Gasteiger charge is 2.27. The van der Waals surface area contributed by atoms with Crippen molar-refractivity contribution in [2.75, 3.05) is 26.2 Å². The zero-order valence-corrected chi connectivity index (χ0v) is 14.0. The van der Waals surface area contributed by atoms with Gasteiger partial charge in [-0.1, -0.05) is 0 Å². The zero-order valence-electron chi connectivity index (χ0n) is 12.4. The molecule has 0 saturated carbocycles. The second kappa shape index (κ2) is 6.13. The largest absolute Gasteiger partial charge is 0.334 e. The number of piperazine rings is 1. The summed E-state index contributed by atoms with van der Waals surface area (Å²) in [6.45, 7) is 5.99. The van der Waals surface area contributed by atoms with Gasteiger partial charge in [0, 0.05) is 26.2 Å². The fourth-order valence-corrected chi connectivity index (χ4v) is 3.84. The molecule has 8 heteroatoms. The van der Waals surface area contributed by atoms with E-state index in [1.54, 1.807) is 22.2 Å². The van der Waals surface area contributed by atoms with Crippen molar-refractivity contribution in [3.05, 3.63) is 32.2 Å². The van der Waals surface area contributed by atoms with E-state index in [1.807, 2.05) is 13.8 Å². The Morgan fingerprint density at radius 2 is 1.23 bits per heavy atom. The van der Waals surface area contributed by atoms with E-state index in [1.165, 1.54) is 22.7 Å². The molecule has 3 heterocycles. The van der Waals surface area contributed by atoms with Crippen LogP contribution in [0.3, 0.4) is 0 Å². The molecule has 22 heavy (non-hydrogen) atoms. The number of carbonyl (C=O) groups excluding carboxylic acids is 2. The third-order valence-corrected chi connectivity index (χ3v) is 5.32. The average Bonchev–Trinajstić information content (AvgIpc) is 3.14. The molecule has 1 aliphatic rings. The molecule has 1 fully saturated rings. The number of nitrogens with zero attached hydrogens (tertiary/aromatic N) is 4. The van der Waals surface area contributed by atoms with Crippen molar-refractivity contribution in [3.63, 3.8) is 0 Å². The molecule has 2 amide bonds. The first-order valence-electron chi connectivity index (χ1n) is 6.98. The standard InChI is InChI=1S/C14H16N4O2S2/c1-9-15-7-11(21-9)13(19)17-3-5-18(6-4-17)14(20)12-8-16-10(2)22-12/h7-8H,3-6H2,1-2H3. The second-order valence-electron chi connectivity index (χ2n) is 5.07. The lowest BCUT2D eigenvalue weighted by Crippen LogP contribution is -2.50. The quantitative estimate of drug-likeness (QED) is 0.839. The van der Waals surface area contributed by atoms with Crippen LogP contribution in [0.2, 0.25) is 0 Å². The number of amides is 2.